The van der Waals surface area contributed by atoms with Gasteiger partial charge in [0, 0.05) is 18.3 Å². The van der Waals surface area contributed by atoms with E-state index in [1.165, 1.54) is 38.5 Å². The average Bonchev–Trinajstić information content (AvgIpc) is 3.56. The van der Waals surface area contributed by atoms with Crippen LogP contribution in [0, 0.1) is 17.8 Å². The number of Topliss-reactive ketones (excluding diaryl/α,β-unsaturated/α-hetero) is 1. The van der Waals surface area contributed by atoms with Crippen LogP contribution in [0.4, 0.5) is 0 Å². The molecule has 6 aliphatic rings. The van der Waals surface area contributed by atoms with Gasteiger partial charge >= 0.3 is 0 Å². The van der Waals surface area contributed by atoms with Crippen molar-refractivity contribution in [3.05, 3.63) is 23.8 Å². The minimum Gasteiger partial charge on any atom is -0.393 e. The molecule has 3 aliphatic carbocycles. The van der Waals surface area contributed by atoms with E-state index in [0.29, 0.717) is 18.4 Å². The number of carbonyl (C=O) groups excluding carboxylic acids is 1. The van der Waals surface area contributed by atoms with Crippen molar-refractivity contribution in [1.29, 1.82) is 0 Å². The molecule has 11 atom stereocenters. The summed E-state index contributed by atoms with van der Waals surface area (Å²) in [5.41, 5.74) is -4.36. The summed E-state index contributed by atoms with van der Waals surface area (Å²) in [4.78, 5) is 13.5. The molecule has 224 valence electrons. The summed E-state index contributed by atoms with van der Waals surface area (Å²) in [6.45, 7) is 11.7. The maximum Gasteiger partial charge on any atom is 0.284 e. The molecule has 3 bridgehead atoms. The molecule has 2 saturated carbocycles. The van der Waals surface area contributed by atoms with E-state index in [-0.39, 0.29) is 5.92 Å². The van der Waals surface area contributed by atoms with Crippen LogP contribution >= 0.6 is 0 Å². The van der Waals surface area contributed by atoms with Crippen LogP contribution in [0.2, 0.25) is 0 Å². The Morgan fingerprint density at radius 3 is 2.33 bits per heavy atom. The standard InChI is InChI=1S/C32H48O8/c1-6-7-8-9-10-11-12-13-14-15-30-38-25-23-26-29(18-33,37-26)27(35)31(36)22(16-20(4)24(31)34)32(23,40-30)21(5)17-28(25,39-30)19(2)3/h16,21-23,25-27,33,35-36H,2,6-15,17-18H2,1,3-5H3/t21-,22-,23-,25-,26+,27-,28-,29+,30+,31-,32+/m1/s1. The first-order chi connectivity index (χ1) is 19.0. The molecule has 3 N–H and O–H groups in total. The highest BCUT2D eigenvalue weighted by molar-refractivity contribution is 6.05. The van der Waals surface area contributed by atoms with Crippen molar-refractivity contribution in [3.63, 3.8) is 0 Å². The van der Waals surface area contributed by atoms with Crippen molar-refractivity contribution in [1.82, 2.24) is 0 Å². The third kappa shape index (κ3) is 3.60. The summed E-state index contributed by atoms with van der Waals surface area (Å²) >= 11 is 0. The van der Waals surface area contributed by atoms with Crippen LogP contribution in [-0.2, 0) is 23.7 Å². The van der Waals surface area contributed by atoms with Crippen molar-refractivity contribution in [2.45, 2.75) is 145 Å². The largest absolute Gasteiger partial charge is 0.393 e. The van der Waals surface area contributed by atoms with E-state index in [2.05, 4.69) is 20.4 Å². The normalized spacial score (nSPS) is 49.8. The molecule has 40 heavy (non-hydrogen) atoms. The van der Waals surface area contributed by atoms with Gasteiger partial charge in [-0.15, -0.1) is 0 Å². The monoisotopic (exact) mass is 560 g/mol. The fourth-order valence-electron chi connectivity index (χ4n) is 9.19. The molecule has 0 radical (unpaired) electrons. The zero-order valence-electron chi connectivity index (χ0n) is 24.6. The molecular weight excluding hydrogens is 512 g/mol. The van der Waals surface area contributed by atoms with Gasteiger partial charge in [-0.25, -0.2) is 0 Å². The number of ether oxygens (including phenoxy) is 4. The maximum atomic E-state index is 13.5. The lowest BCUT2D eigenvalue weighted by Gasteiger charge is -2.59. The van der Waals surface area contributed by atoms with Gasteiger partial charge in [0.1, 0.15) is 29.5 Å². The topological polar surface area (TPSA) is 118 Å². The van der Waals surface area contributed by atoms with Crippen LogP contribution in [0.25, 0.3) is 0 Å². The Labute approximate surface area is 238 Å². The minimum absolute atomic E-state index is 0.184. The maximum absolute atomic E-state index is 13.5. The van der Waals surface area contributed by atoms with Crippen molar-refractivity contribution in [3.8, 4) is 0 Å². The van der Waals surface area contributed by atoms with Crippen molar-refractivity contribution in [2.24, 2.45) is 17.8 Å². The molecule has 0 aromatic heterocycles. The lowest BCUT2D eigenvalue weighted by atomic mass is 9.54. The summed E-state index contributed by atoms with van der Waals surface area (Å²) in [7, 11) is 0. The van der Waals surface area contributed by atoms with Gasteiger partial charge < -0.3 is 34.3 Å². The molecule has 8 heteroatoms. The van der Waals surface area contributed by atoms with Gasteiger partial charge in [-0.05, 0) is 43.8 Å². The van der Waals surface area contributed by atoms with E-state index in [1.54, 1.807) is 13.0 Å². The summed E-state index contributed by atoms with van der Waals surface area (Å²) in [6.07, 6.45) is 10.7. The van der Waals surface area contributed by atoms with Gasteiger partial charge in [-0.2, -0.15) is 0 Å². The molecular formula is C32H48O8. The van der Waals surface area contributed by atoms with E-state index in [9.17, 15) is 20.1 Å². The van der Waals surface area contributed by atoms with E-state index in [1.807, 2.05) is 6.92 Å². The predicted octanol–water partition coefficient (Wildman–Crippen LogP) is 4.10. The molecule has 3 heterocycles. The smallest absolute Gasteiger partial charge is 0.284 e. The number of hydrogen-bond donors (Lipinski definition) is 3. The van der Waals surface area contributed by atoms with E-state index in [0.717, 1.165) is 24.8 Å². The van der Waals surface area contributed by atoms with Gasteiger partial charge in [0.2, 0.25) is 0 Å². The fraction of sp³-hybridized carbons (Fsp3) is 0.844. The van der Waals surface area contributed by atoms with Crippen LogP contribution in [0.5, 0.6) is 0 Å². The third-order valence-corrected chi connectivity index (χ3v) is 11.3. The highest BCUT2D eigenvalue weighted by Gasteiger charge is 2.88. The summed E-state index contributed by atoms with van der Waals surface area (Å²) in [6, 6.07) is 0. The Kier molecular flexibility index (Phi) is 7.02. The Balaban J connectivity index is 1.33. The van der Waals surface area contributed by atoms with Gasteiger partial charge in [-0.1, -0.05) is 77.9 Å². The number of aliphatic hydroxyl groups is 3. The first kappa shape index (κ1) is 29.0. The fourth-order valence-corrected chi connectivity index (χ4v) is 9.19. The van der Waals surface area contributed by atoms with Crippen LogP contribution in [0.15, 0.2) is 23.8 Å². The van der Waals surface area contributed by atoms with Crippen molar-refractivity contribution < 1.29 is 39.1 Å². The second kappa shape index (κ2) is 9.69. The quantitative estimate of drug-likeness (QED) is 0.186. The van der Waals surface area contributed by atoms with Crippen molar-refractivity contribution >= 4 is 5.78 Å². The SMILES string of the molecule is C=C(C)[C@]12C[C@@H](C)[C@@]34O[C@@](CCCCCCCCCCC)(O[C@@H]1[C@@H]3[C@@H]1O[C@]1(CO)[C@@H](O)[C@]1(O)C(=O)C(C)=C[C@H]14)O2. The lowest BCUT2D eigenvalue weighted by molar-refractivity contribution is -0.430. The van der Waals surface area contributed by atoms with Crippen LogP contribution in [-0.4, -0.2) is 74.4 Å². The van der Waals surface area contributed by atoms with Crippen LogP contribution < -0.4 is 0 Å². The zero-order chi connectivity index (χ0) is 28.7. The third-order valence-electron chi connectivity index (χ3n) is 11.3. The van der Waals surface area contributed by atoms with Gasteiger partial charge in [0.15, 0.2) is 11.4 Å². The Hall–Kier alpha value is -1.13. The summed E-state index contributed by atoms with van der Waals surface area (Å²) < 4.78 is 26.8. The summed E-state index contributed by atoms with van der Waals surface area (Å²) in [5, 5.41) is 34.2. The minimum atomic E-state index is -2.18. The Morgan fingerprint density at radius 1 is 1.05 bits per heavy atom. The zero-order valence-corrected chi connectivity index (χ0v) is 24.6. The Bertz CT molecular complexity index is 1090. The number of epoxide rings is 1. The van der Waals surface area contributed by atoms with Crippen LogP contribution in [0.1, 0.15) is 98.3 Å². The van der Waals surface area contributed by atoms with Gasteiger partial charge in [0.05, 0.1) is 12.2 Å². The van der Waals surface area contributed by atoms with Crippen LogP contribution in [0.3, 0.4) is 0 Å². The number of aliphatic hydroxyl groups excluding tert-OH is 2. The molecule has 6 rings (SSSR count). The molecule has 0 spiro atoms. The molecule has 0 unspecified atom stereocenters. The predicted molar refractivity (Wildman–Crippen MR) is 147 cm³/mol. The molecule has 0 amide bonds. The highest BCUT2D eigenvalue weighted by Crippen LogP contribution is 2.73. The number of ketones is 1. The van der Waals surface area contributed by atoms with E-state index in [4.69, 9.17) is 18.9 Å². The molecule has 0 aromatic carbocycles. The highest BCUT2D eigenvalue weighted by atomic mass is 16.9. The molecule has 5 fully saturated rings. The number of carbonyl (C=O) groups is 1. The number of rotatable bonds is 12. The van der Waals surface area contributed by atoms with Crippen molar-refractivity contribution in [2.75, 3.05) is 6.61 Å². The second-order valence-electron chi connectivity index (χ2n) is 13.7. The van der Waals surface area contributed by atoms with E-state index >= 15 is 0 Å². The lowest BCUT2D eigenvalue weighted by Crippen LogP contribution is -2.72. The first-order valence-corrected chi connectivity index (χ1v) is 15.7. The first-order valence-electron chi connectivity index (χ1n) is 15.7. The molecule has 3 saturated heterocycles. The molecule has 0 aromatic rings. The number of fused-ring (bicyclic) bond motifs is 3. The molecule has 3 aliphatic heterocycles. The number of unbranched alkanes of at least 4 members (excludes halogenated alkanes) is 8. The summed E-state index contributed by atoms with van der Waals surface area (Å²) in [5.74, 6) is -3.38. The van der Waals surface area contributed by atoms with E-state index < -0.39 is 70.9 Å². The average molecular weight is 561 g/mol. The van der Waals surface area contributed by atoms with Gasteiger partial charge in [-0.3, -0.25) is 4.79 Å². The number of hydrogen-bond acceptors (Lipinski definition) is 8. The molecule has 8 nitrogen and oxygen atoms in total. The second-order valence-corrected chi connectivity index (χ2v) is 13.7. The van der Waals surface area contributed by atoms with Gasteiger partial charge in [0.25, 0.3) is 5.97 Å². The Morgan fingerprint density at radius 2 is 1.70 bits per heavy atom.